The number of H-pyrrole nitrogens is 1. The number of hydrogen-bond acceptors (Lipinski definition) is 6. The molecular weight excluding hydrogens is 394 g/mol. The molecule has 2 N–H and O–H groups in total. The summed E-state index contributed by atoms with van der Waals surface area (Å²) in [4.78, 5) is 31.4. The van der Waals surface area contributed by atoms with Crippen LogP contribution in [-0.2, 0) is 6.54 Å². The first-order valence-electron chi connectivity index (χ1n) is 10.4. The second kappa shape index (κ2) is 8.99. The number of benzene rings is 1. The average Bonchev–Trinajstić information content (AvgIpc) is 2.78. The summed E-state index contributed by atoms with van der Waals surface area (Å²) in [5, 5.41) is 17.5. The Bertz CT molecular complexity index is 1190. The minimum atomic E-state index is -0.658. The molecule has 0 amide bonds. The monoisotopic (exact) mass is 419 g/mol. The minimum Gasteiger partial charge on any atom is -0.494 e. The van der Waals surface area contributed by atoms with Crippen LogP contribution in [0.15, 0.2) is 69.5 Å². The van der Waals surface area contributed by atoms with Gasteiger partial charge in [0.1, 0.15) is 5.56 Å². The lowest BCUT2D eigenvalue weighted by Gasteiger charge is -2.34. The smallest absolute Gasteiger partial charge is 0.331 e. The molecule has 0 radical (unpaired) electrons. The fourth-order valence-corrected chi connectivity index (χ4v) is 3.99. The minimum absolute atomic E-state index is 0.00559. The molecular formula is C23H25N5O3. The Hall–Kier alpha value is -3.68. The number of rotatable bonds is 5. The zero-order valence-corrected chi connectivity index (χ0v) is 17.4. The Kier molecular flexibility index (Phi) is 5.97. The fraction of sp³-hybridized carbons (Fsp3) is 0.304. The van der Waals surface area contributed by atoms with Crippen LogP contribution in [0.1, 0.15) is 48.9 Å². The van der Waals surface area contributed by atoms with Crippen molar-refractivity contribution in [1.29, 1.82) is 0 Å². The predicted octanol–water partition coefficient (Wildman–Crippen LogP) is 2.64. The van der Waals surface area contributed by atoms with Gasteiger partial charge in [-0.15, -0.1) is 0 Å². The number of aromatic hydroxyl groups is 1. The number of hydrazone groups is 1. The van der Waals surface area contributed by atoms with E-state index in [2.05, 4.69) is 9.97 Å². The number of nitrogens with zero attached hydrogens (tertiary/aromatic N) is 4. The van der Waals surface area contributed by atoms with Gasteiger partial charge in [-0.3, -0.25) is 24.3 Å². The lowest BCUT2D eigenvalue weighted by Crippen LogP contribution is -2.35. The van der Waals surface area contributed by atoms with E-state index in [0.717, 1.165) is 41.5 Å². The van der Waals surface area contributed by atoms with Gasteiger partial charge in [0.05, 0.1) is 18.3 Å². The van der Waals surface area contributed by atoms with Gasteiger partial charge in [0.2, 0.25) is 5.88 Å². The van der Waals surface area contributed by atoms with Crippen LogP contribution in [0.4, 0.5) is 0 Å². The highest BCUT2D eigenvalue weighted by Crippen LogP contribution is 2.31. The largest absolute Gasteiger partial charge is 0.494 e. The van der Waals surface area contributed by atoms with Crippen LogP contribution < -0.4 is 11.2 Å². The standard InChI is InChI=1S/C23H25N5O3/c1-16(26-28-13-6-5-11-19(28)18-10-7-12-24-14-18)20-21(29)25-23(31)27(22(20)30)15-17-8-3-2-4-9-17/h2-4,7-10,12,14,19,30H,5-6,11,13,15H2,1H3,(H,25,29,31)/t19-/m1/s1. The van der Waals surface area contributed by atoms with Crippen LogP contribution in [0, 0.1) is 0 Å². The first kappa shape index (κ1) is 20.6. The lowest BCUT2D eigenvalue weighted by molar-refractivity contribution is 0.155. The zero-order valence-electron chi connectivity index (χ0n) is 17.4. The summed E-state index contributed by atoms with van der Waals surface area (Å²) < 4.78 is 1.15. The van der Waals surface area contributed by atoms with Crippen molar-refractivity contribution in [3.8, 4) is 5.88 Å². The summed E-state index contributed by atoms with van der Waals surface area (Å²) in [5.74, 6) is -0.381. The third kappa shape index (κ3) is 4.42. The van der Waals surface area contributed by atoms with E-state index in [1.54, 1.807) is 13.1 Å². The van der Waals surface area contributed by atoms with Crippen LogP contribution >= 0.6 is 0 Å². The molecule has 0 spiro atoms. The SMILES string of the molecule is CC(=NN1CCCC[C@@H]1c1cccnc1)c1c(O)n(Cc2ccccc2)c(=O)[nH]c1=O. The molecule has 8 nitrogen and oxygen atoms in total. The van der Waals surface area contributed by atoms with E-state index in [0.29, 0.717) is 5.71 Å². The number of aromatic amines is 1. The predicted molar refractivity (Wildman–Crippen MR) is 118 cm³/mol. The van der Waals surface area contributed by atoms with Crippen molar-refractivity contribution in [3.63, 3.8) is 0 Å². The second-order valence-electron chi connectivity index (χ2n) is 7.68. The first-order chi connectivity index (χ1) is 15.0. The third-order valence-electron chi connectivity index (χ3n) is 5.54. The number of pyridine rings is 1. The Morgan fingerprint density at radius 2 is 2.00 bits per heavy atom. The number of piperidine rings is 1. The Balaban J connectivity index is 1.71. The zero-order chi connectivity index (χ0) is 21.8. The molecule has 1 saturated heterocycles. The van der Waals surface area contributed by atoms with E-state index in [1.165, 1.54) is 0 Å². The number of aromatic nitrogens is 3. The van der Waals surface area contributed by atoms with Crippen LogP contribution in [-0.4, -0.2) is 36.9 Å². The lowest BCUT2D eigenvalue weighted by atomic mass is 9.98. The van der Waals surface area contributed by atoms with Crippen LogP contribution in [0.3, 0.4) is 0 Å². The van der Waals surface area contributed by atoms with Gasteiger partial charge >= 0.3 is 5.69 Å². The average molecular weight is 419 g/mol. The van der Waals surface area contributed by atoms with Gasteiger partial charge in [-0.05, 0) is 43.4 Å². The molecule has 31 heavy (non-hydrogen) atoms. The third-order valence-corrected chi connectivity index (χ3v) is 5.54. The quantitative estimate of drug-likeness (QED) is 0.619. The van der Waals surface area contributed by atoms with Gasteiger partial charge in [-0.1, -0.05) is 36.4 Å². The maximum absolute atomic E-state index is 12.6. The van der Waals surface area contributed by atoms with Crippen molar-refractivity contribution in [2.75, 3.05) is 6.54 Å². The van der Waals surface area contributed by atoms with E-state index in [4.69, 9.17) is 5.10 Å². The highest BCUT2D eigenvalue weighted by atomic mass is 16.3. The van der Waals surface area contributed by atoms with E-state index >= 15 is 0 Å². The fourth-order valence-electron chi connectivity index (χ4n) is 3.99. The number of nitrogens with one attached hydrogen (secondary N) is 1. The Morgan fingerprint density at radius 1 is 1.19 bits per heavy atom. The van der Waals surface area contributed by atoms with Crippen LogP contribution in [0.25, 0.3) is 0 Å². The highest BCUT2D eigenvalue weighted by Gasteiger charge is 2.25. The maximum atomic E-state index is 12.6. The van der Waals surface area contributed by atoms with Gasteiger partial charge in [-0.2, -0.15) is 5.10 Å². The molecule has 0 unspecified atom stereocenters. The van der Waals surface area contributed by atoms with Gasteiger partial charge in [-0.25, -0.2) is 4.79 Å². The van der Waals surface area contributed by atoms with Crippen molar-refractivity contribution in [2.24, 2.45) is 5.10 Å². The van der Waals surface area contributed by atoms with Gasteiger partial charge in [0.25, 0.3) is 5.56 Å². The molecule has 4 rings (SSSR count). The molecule has 1 atom stereocenters. The molecule has 2 aromatic heterocycles. The van der Waals surface area contributed by atoms with Crippen LogP contribution in [0.5, 0.6) is 5.88 Å². The topological polar surface area (TPSA) is 104 Å². The molecule has 160 valence electrons. The Morgan fingerprint density at radius 3 is 2.74 bits per heavy atom. The van der Waals surface area contributed by atoms with E-state index in [1.807, 2.05) is 53.7 Å². The molecule has 3 heterocycles. The summed E-state index contributed by atoms with van der Waals surface area (Å²) in [6, 6.07) is 13.2. The summed E-state index contributed by atoms with van der Waals surface area (Å²) in [6.45, 7) is 2.56. The molecule has 3 aromatic rings. The van der Waals surface area contributed by atoms with Crippen LogP contribution in [0.2, 0.25) is 0 Å². The van der Waals surface area contributed by atoms with E-state index in [9.17, 15) is 14.7 Å². The van der Waals surface area contributed by atoms with Crippen molar-refractivity contribution in [3.05, 3.63) is 92.4 Å². The first-order valence-corrected chi connectivity index (χ1v) is 10.4. The molecule has 1 aliphatic heterocycles. The Labute approximate surface area is 179 Å². The van der Waals surface area contributed by atoms with E-state index < -0.39 is 11.2 Å². The van der Waals surface area contributed by atoms with Crippen molar-refractivity contribution < 1.29 is 5.11 Å². The van der Waals surface area contributed by atoms with Crippen molar-refractivity contribution in [2.45, 2.75) is 38.8 Å². The molecule has 0 saturated carbocycles. The highest BCUT2D eigenvalue weighted by molar-refractivity contribution is 6.00. The molecule has 1 fully saturated rings. The second-order valence-corrected chi connectivity index (χ2v) is 7.68. The van der Waals surface area contributed by atoms with E-state index in [-0.39, 0.29) is 24.0 Å². The van der Waals surface area contributed by atoms with Crippen molar-refractivity contribution in [1.82, 2.24) is 19.5 Å². The molecule has 0 aliphatic carbocycles. The van der Waals surface area contributed by atoms with Gasteiger partial charge < -0.3 is 5.11 Å². The van der Waals surface area contributed by atoms with Gasteiger partial charge in [0.15, 0.2) is 0 Å². The summed E-state index contributed by atoms with van der Waals surface area (Å²) in [7, 11) is 0. The molecule has 1 aromatic carbocycles. The molecule has 8 heteroatoms. The molecule has 0 bridgehead atoms. The summed E-state index contributed by atoms with van der Waals surface area (Å²) >= 11 is 0. The molecule has 1 aliphatic rings. The van der Waals surface area contributed by atoms with Crippen molar-refractivity contribution >= 4 is 5.71 Å². The normalized spacial score (nSPS) is 17.0. The van der Waals surface area contributed by atoms with Gasteiger partial charge in [0, 0.05) is 18.9 Å². The summed E-state index contributed by atoms with van der Waals surface area (Å²) in [6.07, 6.45) is 6.57. The number of hydrogen-bond donors (Lipinski definition) is 2. The maximum Gasteiger partial charge on any atom is 0.331 e. The summed E-state index contributed by atoms with van der Waals surface area (Å²) in [5.41, 5.74) is 0.950.